The number of carbonyl (C=O) groups is 1. The molecule has 0 fully saturated rings. The van der Waals surface area contributed by atoms with Gasteiger partial charge in [-0.1, -0.05) is 43.6 Å². The highest BCUT2D eigenvalue weighted by molar-refractivity contribution is 6.30. The highest BCUT2D eigenvalue weighted by Crippen LogP contribution is 2.22. The average molecular weight is 362 g/mol. The van der Waals surface area contributed by atoms with Crippen molar-refractivity contribution < 1.29 is 14.3 Å². The lowest BCUT2D eigenvalue weighted by atomic mass is 10.0. The van der Waals surface area contributed by atoms with E-state index in [-0.39, 0.29) is 11.9 Å². The van der Waals surface area contributed by atoms with Gasteiger partial charge in [-0.15, -0.1) is 0 Å². The van der Waals surface area contributed by atoms with Gasteiger partial charge >= 0.3 is 0 Å². The molecule has 2 aromatic rings. The third-order valence-electron chi connectivity index (χ3n) is 3.98. The molecular formula is C20H24ClNO3. The number of benzene rings is 2. The molecule has 2 rings (SSSR count). The summed E-state index contributed by atoms with van der Waals surface area (Å²) < 4.78 is 11.0. The van der Waals surface area contributed by atoms with Gasteiger partial charge in [0.2, 0.25) is 0 Å². The molecule has 0 spiro atoms. The minimum absolute atomic E-state index is 0.0737. The van der Waals surface area contributed by atoms with E-state index >= 15 is 0 Å². The van der Waals surface area contributed by atoms with Gasteiger partial charge in [-0.25, -0.2) is 0 Å². The fourth-order valence-electron chi connectivity index (χ4n) is 2.55. The Morgan fingerprint density at radius 2 is 1.80 bits per heavy atom. The van der Waals surface area contributed by atoms with Crippen LogP contribution < -0.4 is 14.8 Å². The van der Waals surface area contributed by atoms with Crippen molar-refractivity contribution in [1.29, 1.82) is 0 Å². The molecule has 0 saturated heterocycles. The summed E-state index contributed by atoms with van der Waals surface area (Å²) in [6.07, 6.45) is 0.786. The molecule has 134 valence electrons. The monoisotopic (exact) mass is 361 g/mol. The van der Waals surface area contributed by atoms with Crippen molar-refractivity contribution >= 4 is 17.5 Å². The summed E-state index contributed by atoms with van der Waals surface area (Å²) in [7, 11) is 1.63. The molecule has 5 heteroatoms. The molecular weight excluding hydrogens is 338 g/mol. The molecule has 0 aliphatic heterocycles. The summed E-state index contributed by atoms with van der Waals surface area (Å²) in [5.74, 6) is 1.25. The number of amides is 1. The number of ether oxygens (including phenoxy) is 2. The van der Waals surface area contributed by atoms with Crippen LogP contribution in [0.5, 0.6) is 11.5 Å². The summed E-state index contributed by atoms with van der Waals surface area (Å²) in [6, 6.07) is 14.7. The molecule has 0 radical (unpaired) electrons. The second-order valence-electron chi connectivity index (χ2n) is 5.71. The zero-order valence-electron chi connectivity index (χ0n) is 14.8. The lowest BCUT2D eigenvalue weighted by molar-refractivity contribution is -0.128. The van der Waals surface area contributed by atoms with E-state index in [1.54, 1.807) is 31.4 Å². The largest absolute Gasteiger partial charge is 0.497 e. The van der Waals surface area contributed by atoms with Gasteiger partial charge in [-0.2, -0.15) is 0 Å². The zero-order chi connectivity index (χ0) is 18.2. The number of hydrogen-bond donors (Lipinski definition) is 1. The Morgan fingerprint density at radius 3 is 2.36 bits per heavy atom. The number of carbonyl (C=O) groups excluding carboxylic acids is 1. The van der Waals surface area contributed by atoms with Gasteiger partial charge in [-0.3, -0.25) is 4.79 Å². The van der Waals surface area contributed by atoms with Crippen LogP contribution in [0.3, 0.4) is 0 Å². The minimum atomic E-state index is -0.564. The molecule has 4 nitrogen and oxygen atoms in total. The van der Waals surface area contributed by atoms with E-state index in [4.69, 9.17) is 21.1 Å². The van der Waals surface area contributed by atoms with E-state index < -0.39 is 6.10 Å². The van der Waals surface area contributed by atoms with Gasteiger partial charge < -0.3 is 14.8 Å². The van der Waals surface area contributed by atoms with Crippen LogP contribution in [0.15, 0.2) is 48.5 Å². The maximum absolute atomic E-state index is 12.6. The molecule has 0 aliphatic rings. The molecule has 0 aromatic heterocycles. The van der Waals surface area contributed by atoms with E-state index in [0.29, 0.717) is 17.2 Å². The molecule has 2 atom stereocenters. The normalized spacial score (nSPS) is 13.0. The van der Waals surface area contributed by atoms with Gasteiger partial charge in [0, 0.05) is 5.02 Å². The molecule has 1 amide bonds. The zero-order valence-corrected chi connectivity index (χ0v) is 15.5. The van der Waals surface area contributed by atoms with Crippen LogP contribution >= 0.6 is 11.6 Å². The van der Waals surface area contributed by atoms with Crippen molar-refractivity contribution in [3.63, 3.8) is 0 Å². The van der Waals surface area contributed by atoms with Crippen molar-refractivity contribution in [2.45, 2.75) is 38.8 Å². The van der Waals surface area contributed by atoms with E-state index in [9.17, 15) is 4.79 Å². The fourth-order valence-corrected chi connectivity index (χ4v) is 2.73. The Morgan fingerprint density at radius 1 is 1.08 bits per heavy atom. The van der Waals surface area contributed by atoms with E-state index in [0.717, 1.165) is 17.7 Å². The van der Waals surface area contributed by atoms with Crippen molar-refractivity contribution in [2.24, 2.45) is 0 Å². The van der Waals surface area contributed by atoms with Crippen molar-refractivity contribution in [3.05, 3.63) is 59.1 Å². The lowest BCUT2D eigenvalue weighted by Crippen LogP contribution is -2.39. The first-order chi connectivity index (χ1) is 12.1. The van der Waals surface area contributed by atoms with Gasteiger partial charge in [0.05, 0.1) is 13.2 Å². The number of nitrogens with one attached hydrogen (secondary N) is 1. The van der Waals surface area contributed by atoms with Gasteiger partial charge in [0.1, 0.15) is 11.5 Å². The molecule has 0 bridgehead atoms. The maximum Gasteiger partial charge on any atom is 0.261 e. The van der Waals surface area contributed by atoms with Gasteiger partial charge in [0.25, 0.3) is 5.91 Å². The topological polar surface area (TPSA) is 47.6 Å². The minimum Gasteiger partial charge on any atom is -0.497 e. The molecule has 25 heavy (non-hydrogen) atoms. The number of rotatable bonds is 8. The predicted octanol–water partition coefficient (Wildman–Crippen LogP) is 4.77. The summed E-state index contributed by atoms with van der Waals surface area (Å²) in [5.41, 5.74) is 1.04. The Kier molecular flexibility index (Phi) is 7.14. The molecule has 2 aromatic carbocycles. The summed E-state index contributed by atoms with van der Waals surface area (Å²) in [4.78, 5) is 12.6. The first-order valence-corrected chi connectivity index (χ1v) is 8.81. The van der Waals surface area contributed by atoms with Gasteiger partial charge in [-0.05, 0) is 48.7 Å². The summed E-state index contributed by atoms with van der Waals surface area (Å²) >= 11 is 5.97. The molecule has 0 saturated carbocycles. The molecule has 2 unspecified atom stereocenters. The number of methoxy groups -OCH3 is 1. The third-order valence-corrected chi connectivity index (χ3v) is 4.22. The van der Waals surface area contributed by atoms with Crippen LogP contribution in [0.4, 0.5) is 0 Å². The second kappa shape index (κ2) is 9.33. The maximum atomic E-state index is 12.6. The fraction of sp³-hybridized carbons (Fsp3) is 0.350. The number of halogens is 1. The summed E-state index contributed by atoms with van der Waals surface area (Å²) in [5, 5.41) is 3.65. The van der Waals surface area contributed by atoms with E-state index in [1.165, 1.54) is 0 Å². The van der Waals surface area contributed by atoms with Crippen molar-refractivity contribution in [3.8, 4) is 11.5 Å². The standard InChI is InChI=1S/C20H24ClNO3/c1-4-18(14-9-11-16(24-3)12-10-14)22-20(23)19(5-2)25-17-8-6-7-15(21)13-17/h6-13,18-19H,4-5H2,1-3H3,(H,22,23). The van der Waals surface area contributed by atoms with Gasteiger partial charge in [0.15, 0.2) is 6.10 Å². The van der Waals surface area contributed by atoms with Crippen LogP contribution in [0.2, 0.25) is 5.02 Å². The van der Waals surface area contributed by atoms with Crippen LogP contribution in [-0.2, 0) is 4.79 Å². The van der Waals surface area contributed by atoms with Crippen LogP contribution in [0.25, 0.3) is 0 Å². The van der Waals surface area contributed by atoms with Crippen molar-refractivity contribution in [1.82, 2.24) is 5.32 Å². The molecule has 0 aliphatic carbocycles. The highest BCUT2D eigenvalue weighted by atomic mass is 35.5. The predicted molar refractivity (Wildman–Crippen MR) is 100 cm³/mol. The van der Waals surface area contributed by atoms with E-state index in [1.807, 2.05) is 38.1 Å². The Hall–Kier alpha value is -2.20. The van der Waals surface area contributed by atoms with Crippen LogP contribution in [-0.4, -0.2) is 19.1 Å². The Balaban J connectivity index is 2.05. The van der Waals surface area contributed by atoms with E-state index in [2.05, 4.69) is 5.32 Å². The highest BCUT2D eigenvalue weighted by Gasteiger charge is 2.22. The first kappa shape index (κ1) is 19.1. The first-order valence-electron chi connectivity index (χ1n) is 8.43. The summed E-state index contributed by atoms with van der Waals surface area (Å²) in [6.45, 7) is 3.96. The second-order valence-corrected chi connectivity index (χ2v) is 6.15. The lowest BCUT2D eigenvalue weighted by Gasteiger charge is -2.22. The Labute approximate surface area is 154 Å². The molecule has 1 N–H and O–H groups in total. The van der Waals surface area contributed by atoms with Crippen LogP contribution in [0.1, 0.15) is 38.3 Å². The SMILES string of the molecule is CCC(Oc1cccc(Cl)c1)C(=O)NC(CC)c1ccc(OC)cc1. The quantitative estimate of drug-likeness (QED) is 0.736. The molecule has 0 heterocycles. The van der Waals surface area contributed by atoms with Crippen LogP contribution in [0, 0.1) is 0 Å². The number of hydrogen-bond acceptors (Lipinski definition) is 3. The van der Waals surface area contributed by atoms with Crippen molar-refractivity contribution in [2.75, 3.05) is 7.11 Å². The Bertz CT molecular complexity index is 688. The third kappa shape index (κ3) is 5.40. The average Bonchev–Trinajstić information content (AvgIpc) is 2.64. The smallest absolute Gasteiger partial charge is 0.261 e.